The van der Waals surface area contributed by atoms with Crippen LogP contribution < -0.4 is 5.32 Å². The summed E-state index contributed by atoms with van der Waals surface area (Å²) in [5, 5.41) is 13.2. The molecule has 0 aliphatic heterocycles. The molecule has 1 atom stereocenters. The predicted molar refractivity (Wildman–Crippen MR) is 82.7 cm³/mol. The lowest BCUT2D eigenvalue weighted by Gasteiger charge is -2.20. The van der Waals surface area contributed by atoms with Crippen LogP contribution >= 0.6 is 0 Å². The fourth-order valence-corrected chi connectivity index (χ4v) is 3.05. The Kier molecular flexibility index (Phi) is 6.49. The summed E-state index contributed by atoms with van der Waals surface area (Å²) in [4.78, 5) is 0.339. The van der Waals surface area contributed by atoms with Gasteiger partial charge in [-0.3, -0.25) is 0 Å². The van der Waals surface area contributed by atoms with E-state index in [4.69, 9.17) is 0 Å². The molecule has 114 valence electrons. The van der Waals surface area contributed by atoms with Gasteiger partial charge >= 0.3 is 0 Å². The Hall–Kier alpha value is -1.07. The van der Waals surface area contributed by atoms with Gasteiger partial charge in [0.1, 0.15) is 0 Å². The Morgan fingerprint density at radius 2 is 1.65 bits per heavy atom. The van der Waals surface area contributed by atoms with Gasteiger partial charge in [-0.15, -0.1) is 0 Å². The fraction of sp³-hybridized carbons (Fsp3) is 0.600. The van der Waals surface area contributed by atoms with Gasteiger partial charge in [0.25, 0.3) is 0 Å². The van der Waals surface area contributed by atoms with Gasteiger partial charge in [-0.1, -0.05) is 33.6 Å². The fourth-order valence-electron chi connectivity index (χ4n) is 2.17. The van der Waals surface area contributed by atoms with Crippen LogP contribution in [0.1, 0.15) is 33.6 Å². The molecule has 0 aliphatic rings. The Labute approximate surface area is 122 Å². The third kappa shape index (κ3) is 4.49. The topological polar surface area (TPSA) is 66.4 Å². The van der Waals surface area contributed by atoms with E-state index in [0.29, 0.717) is 17.4 Å². The molecule has 0 amide bonds. The van der Waals surface area contributed by atoms with Crippen molar-refractivity contribution in [1.29, 1.82) is 0 Å². The molecule has 1 unspecified atom stereocenters. The number of hydrogen-bond acceptors (Lipinski definition) is 4. The highest BCUT2D eigenvalue weighted by atomic mass is 32.2. The Balaban J connectivity index is 2.63. The zero-order valence-corrected chi connectivity index (χ0v) is 13.3. The van der Waals surface area contributed by atoms with Crippen LogP contribution in [0.2, 0.25) is 0 Å². The highest BCUT2D eigenvalue weighted by Gasteiger charge is 2.15. The largest absolute Gasteiger partial charge is 0.391 e. The number of aliphatic hydroxyl groups excluding tert-OH is 1. The van der Waals surface area contributed by atoms with Crippen molar-refractivity contribution >= 4 is 15.5 Å². The summed E-state index contributed by atoms with van der Waals surface area (Å²) in [6, 6.07) is 6.68. The van der Waals surface area contributed by atoms with Crippen LogP contribution in [-0.4, -0.2) is 31.9 Å². The second-order valence-corrected chi connectivity index (χ2v) is 7.23. The average molecular weight is 299 g/mol. The van der Waals surface area contributed by atoms with E-state index in [2.05, 4.69) is 19.2 Å². The smallest absolute Gasteiger partial charge is 0.178 e. The summed E-state index contributed by atoms with van der Waals surface area (Å²) in [6.07, 6.45) is 1.52. The second-order valence-electron chi connectivity index (χ2n) is 4.95. The monoisotopic (exact) mass is 299 g/mol. The van der Waals surface area contributed by atoms with Crippen LogP contribution in [0.25, 0.3) is 0 Å². The van der Waals surface area contributed by atoms with Crippen LogP contribution in [-0.2, 0) is 9.84 Å². The first-order chi connectivity index (χ1) is 9.44. The van der Waals surface area contributed by atoms with Gasteiger partial charge in [0.05, 0.1) is 16.8 Å². The van der Waals surface area contributed by atoms with Crippen molar-refractivity contribution in [3.63, 3.8) is 0 Å². The molecule has 1 rings (SSSR count). The van der Waals surface area contributed by atoms with Crippen molar-refractivity contribution in [1.82, 2.24) is 0 Å². The van der Waals surface area contributed by atoms with E-state index in [9.17, 15) is 13.5 Å². The summed E-state index contributed by atoms with van der Waals surface area (Å²) in [7, 11) is -3.14. The van der Waals surface area contributed by atoms with Gasteiger partial charge in [0.15, 0.2) is 9.84 Å². The summed E-state index contributed by atoms with van der Waals surface area (Å²) >= 11 is 0. The normalized spacial score (nSPS) is 13.4. The van der Waals surface area contributed by atoms with E-state index in [0.717, 1.165) is 18.5 Å². The van der Waals surface area contributed by atoms with Crippen LogP contribution in [0.5, 0.6) is 0 Å². The van der Waals surface area contributed by atoms with Crippen molar-refractivity contribution in [3.8, 4) is 0 Å². The Morgan fingerprint density at radius 1 is 1.10 bits per heavy atom. The lowest BCUT2D eigenvalue weighted by atomic mass is 9.96. The molecule has 0 saturated heterocycles. The molecule has 1 aromatic rings. The van der Waals surface area contributed by atoms with Gasteiger partial charge in [-0.2, -0.15) is 0 Å². The first kappa shape index (κ1) is 17.0. The van der Waals surface area contributed by atoms with Gasteiger partial charge in [0.2, 0.25) is 0 Å². The average Bonchev–Trinajstić information content (AvgIpc) is 2.47. The number of benzene rings is 1. The van der Waals surface area contributed by atoms with Crippen molar-refractivity contribution in [2.75, 3.05) is 17.6 Å². The molecule has 0 saturated carbocycles. The maximum Gasteiger partial charge on any atom is 0.178 e. The van der Waals surface area contributed by atoms with Crippen LogP contribution in [0.3, 0.4) is 0 Å². The minimum atomic E-state index is -3.14. The number of hydrogen-bond donors (Lipinski definition) is 2. The molecule has 0 heterocycles. The second kappa shape index (κ2) is 7.64. The molecular weight excluding hydrogens is 274 g/mol. The maximum absolute atomic E-state index is 11.7. The predicted octanol–water partition coefficient (Wildman–Crippen LogP) is 2.69. The number of aliphatic hydroxyl groups is 1. The zero-order valence-electron chi connectivity index (χ0n) is 12.5. The van der Waals surface area contributed by atoms with Gasteiger partial charge in [0, 0.05) is 12.2 Å². The van der Waals surface area contributed by atoms with Crippen molar-refractivity contribution in [3.05, 3.63) is 24.3 Å². The zero-order chi connectivity index (χ0) is 15.2. The van der Waals surface area contributed by atoms with E-state index in [1.54, 1.807) is 31.2 Å². The first-order valence-electron chi connectivity index (χ1n) is 7.19. The molecule has 0 aliphatic carbocycles. The molecule has 20 heavy (non-hydrogen) atoms. The van der Waals surface area contributed by atoms with E-state index in [1.165, 1.54) is 0 Å². The van der Waals surface area contributed by atoms with Gasteiger partial charge < -0.3 is 10.4 Å². The highest BCUT2D eigenvalue weighted by molar-refractivity contribution is 7.91. The van der Waals surface area contributed by atoms with Gasteiger partial charge in [-0.05, 0) is 30.2 Å². The molecule has 0 bridgehead atoms. The molecule has 1 aromatic carbocycles. The lowest BCUT2D eigenvalue weighted by Crippen LogP contribution is -2.27. The molecular formula is C15H25NO3S. The summed E-state index contributed by atoms with van der Waals surface area (Å²) in [5.74, 6) is 0.398. The number of rotatable bonds is 8. The Morgan fingerprint density at radius 3 is 2.10 bits per heavy atom. The van der Waals surface area contributed by atoms with Crippen molar-refractivity contribution < 1.29 is 13.5 Å². The highest BCUT2D eigenvalue weighted by Crippen LogP contribution is 2.17. The molecule has 0 radical (unpaired) electrons. The third-order valence-corrected chi connectivity index (χ3v) is 5.45. The first-order valence-corrected chi connectivity index (χ1v) is 8.84. The molecule has 4 nitrogen and oxygen atoms in total. The SMILES string of the molecule is CCC(CC)C(O)CNc1ccc(S(=O)(=O)CC)cc1. The minimum Gasteiger partial charge on any atom is -0.391 e. The standard InChI is InChI=1S/C15H25NO3S/c1-4-12(5-2)15(17)11-16-13-7-9-14(10-8-13)20(18,19)6-3/h7-10,12,15-17H,4-6,11H2,1-3H3. The molecule has 0 fully saturated rings. The Bertz CT molecular complexity index is 492. The third-order valence-electron chi connectivity index (χ3n) is 3.70. The molecule has 2 N–H and O–H groups in total. The molecule has 0 aromatic heterocycles. The number of nitrogens with one attached hydrogen (secondary N) is 1. The summed E-state index contributed by atoms with van der Waals surface area (Å²) < 4.78 is 23.4. The number of anilines is 1. The van der Waals surface area contributed by atoms with Gasteiger partial charge in [-0.25, -0.2) is 8.42 Å². The van der Waals surface area contributed by atoms with E-state index >= 15 is 0 Å². The van der Waals surface area contributed by atoms with E-state index in [-0.39, 0.29) is 11.9 Å². The van der Waals surface area contributed by atoms with Crippen LogP contribution in [0.15, 0.2) is 29.2 Å². The van der Waals surface area contributed by atoms with Crippen molar-refractivity contribution in [2.24, 2.45) is 5.92 Å². The summed E-state index contributed by atoms with van der Waals surface area (Å²) in [5.41, 5.74) is 0.824. The lowest BCUT2D eigenvalue weighted by molar-refractivity contribution is 0.114. The summed E-state index contributed by atoms with van der Waals surface area (Å²) in [6.45, 7) is 6.25. The quantitative estimate of drug-likeness (QED) is 0.774. The van der Waals surface area contributed by atoms with E-state index < -0.39 is 9.84 Å². The molecule has 0 spiro atoms. The maximum atomic E-state index is 11.7. The number of sulfone groups is 1. The van der Waals surface area contributed by atoms with E-state index in [1.807, 2.05) is 0 Å². The van der Waals surface area contributed by atoms with Crippen LogP contribution in [0.4, 0.5) is 5.69 Å². The van der Waals surface area contributed by atoms with Crippen LogP contribution in [0, 0.1) is 5.92 Å². The molecule has 5 heteroatoms. The minimum absolute atomic E-state index is 0.104. The van der Waals surface area contributed by atoms with Crippen molar-refractivity contribution in [2.45, 2.75) is 44.6 Å².